The van der Waals surface area contributed by atoms with Crippen LogP contribution in [0.3, 0.4) is 0 Å². The van der Waals surface area contributed by atoms with Gasteiger partial charge >= 0.3 is 5.36 Å². The summed E-state index contributed by atoms with van der Waals surface area (Å²) in [5.41, 5.74) is 8.34. The molecule has 5 heteroatoms. The van der Waals surface area contributed by atoms with Gasteiger partial charge in [0.1, 0.15) is 0 Å². The minimum atomic E-state index is 0.163. The van der Waals surface area contributed by atoms with Crippen LogP contribution in [-0.4, -0.2) is 22.5 Å². The van der Waals surface area contributed by atoms with Crippen molar-refractivity contribution in [2.24, 2.45) is 5.73 Å². The molecule has 2 aliphatic rings. The Hall–Kier alpha value is -1.75. The predicted molar refractivity (Wildman–Crippen MR) is 67.3 cm³/mol. The predicted octanol–water partition coefficient (Wildman–Crippen LogP) is 0.626. The number of fused-ring (bicyclic) bond motifs is 3. The number of nitrogens with zero attached hydrogens (tertiary/aromatic N) is 1. The second kappa shape index (κ2) is 4.17. The number of anilines is 1. The average Bonchev–Trinajstić information content (AvgIpc) is 2.56. The Morgan fingerprint density at radius 3 is 2.89 bits per heavy atom. The summed E-state index contributed by atoms with van der Waals surface area (Å²) >= 11 is 0. The van der Waals surface area contributed by atoms with Crippen molar-refractivity contribution in [1.82, 2.24) is 4.90 Å². The monoisotopic (exact) mass is 248 g/mol. The van der Waals surface area contributed by atoms with Crippen molar-refractivity contribution in [2.45, 2.75) is 37.3 Å². The third-order valence-corrected chi connectivity index (χ3v) is 4.04. The van der Waals surface area contributed by atoms with Crippen molar-refractivity contribution in [1.29, 1.82) is 0 Å². The van der Waals surface area contributed by atoms with Gasteiger partial charge in [-0.15, -0.1) is 0 Å². The molecule has 1 heterocycles. The summed E-state index contributed by atoms with van der Waals surface area (Å²) in [7, 11) is 0. The largest absolute Gasteiger partial charge is 0.380 e. The highest BCUT2D eigenvalue weighted by Crippen LogP contribution is 2.42. The first-order chi connectivity index (χ1) is 8.66. The second-order valence-electron chi connectivity index (χ2n) is 5.12. The third-order valence-electron chi connectivity index (χ3n) is 4.04. The Morgan fingerprint density at radius 1 is 1.28 bits per heavy atom. The molecule has 0 amide bonds. The molecule has 96 valence electrons. The van der Waals surface area contributed by atoms with Gasteiger partial charge in [0.15, 0.2) is 4.90 Å². The molecule has 1 aliphatic carbocycles. The minimum Gasteiger partial charge on any atom is -0.380 e. The van der Waals surface area contributed by atoms with Crippen molar-refractivity contribution >= 4 is 5.69 Å². The van der Waals surface area contributed by atoms with Gasteiger partial charge in [0, 0.05) is 35.8 Å². The standard InChI is InChI=1S/C13H17N3O2/c14-11-5-2-4-9-10-7-8(16(17)18)3-1-6-12(10)15-13(9)11/h1,3,6-7,9,11,13,17-18H,2,4-5,14H2/p+1. The van der Waals surface area contributed by atoms with E-state index in [1.807, 2.05) is 18.2 Å². The fraction of sp³-hybridized carbons (Fsp3) is 0.462. The molecule has 3 unspecified atom stereocenters. The molecule has 1 aliphatic heterocycles. The number of rotatable bonds is 0. The van der Waals surface area contributed by atoms with Crippen LogP contribution in [0.5, 0.6) is 0 Å². The Balaban J connectivity index is 2.13. The lowest BCUT2D eigenvalue weighted by molar-refractivity contribution is -0.131. The summed E-state index contributed by atoms with van der Waals surface area (Å²) in [5, 5.41) is 22.2. The highest BCUT2D eigenvalue weighted by molar-refractivity contribution is 5.59. The summed E-state index contributed by atoms with van der Waals surface area (Å²) in [6, 6.07) is 7.71. The van der Waals surface area contributed by atoms with Gasteiger partial charge in [-0.05, 0) is 24.5 Å². The van der Waals surface area contributed by atoms with Crippen LogP contribution in [0.25, 0.3) is 0 Å². The van der Waals surface area contributed by atoms with Gasteiger partial charge in [-0.1, -0.05) is 12.5 Å². The van der Waals surface area contributed by atoms with Gasteiger partial charge in [0.25, 0.3) is 0 Å². The molecule has 3 atom stereocenters. The third kappa shape index (κ3) is 1.71. The molecule has 1 aromatic carbocycles. The van der Waals surface area contributed by atoms with E-state index in [2.05, 4.69) is 5.32 Å². The van der Waals surface area contributed by atoms with Gasteiger partial charge in [-0.2, -0.15) is 0 Å². The van der Waals surface area contributed by atoms with Crippen LogP contribution in [0.4, 0.5) is 5.69 Å². The summed E-state index contributed by atoms with van der Waals surface area (Å²) in [4.78, 5) is 0.163. The zero-order valence-corrected chi connectivity index (χ0v) is 10.1. The Morgan fingerprint density at radius 2 is 2.11 bits per heavy atom. The van der Waals surface area contributed by atoms with Crippen LogP contribution in [0.15, 0.2) is 24.3 Å². The van der Waals surface area contributed by atoms with E-state index in [1.165, 1.54) is 0 Å². The maximum absolute atomic E-state index is 9.16. The smallest absolute Gasteiger partial charge is 0.311 e. The second-order valence-corrected chi connectivity index (χ2v) is 5.12. The summed E-state index contributed by atoms with van der Waals surface area (Å²) in [5.74, 6) is 0.370. The van der Waals surface area contributed by atoms with E-state index in [-0.39, 0.29) is 17.0 Å². The number of hydrogen-bond acceptors (Lipinski definition) is 4. The van der Waals surface area contributed by atoms with Crippen LogP contribution in [0.1, 0.15) is 30.7 Å². The van der Waals surface area contributed by atoms with Crippen molar-refractivity contribution < 1.29 is 10.4 Å². The van der Waals surface area contributed by atoms with Gasteiger partial charge in [0.05, 0.1) is 0 Å². The van der Waals surface area contributed by atoms with Gasteiger partial charge in [0.2, 0.25) is 0 Å². The molecule has 0 radical (unpaired) electrons. The maximum Gasteiger partial charge on any atom is 0.311 e. The molecule has 5 N–H and O–H groups in total. The zero-order chi connectivity index (χ0) is 12.7. The molecule has 0 bridgehead atoms. The Kier molecular flexibility index (Phi) is 2.63. The molecular formula is C13H18N3O2+. The van der Waals surface area contributed by atoms with Crippen molar-refractivity contribution in [3.8, 4) is 0 Å². The highest BCUT2D eigenvalue weighted by Gasteiger charge is 2.38. The number of nitrogens with two attached hydrogens (primary N) is 1. The van der Waals surface area contributed by atoms with Crippen molar-refractivity contribution in [3.63, 3.8) is 0 Å². The lowest BCUT2D eigenvalue weighted by Crippen LogP contribution is -2.44. The van der Waals surface area contributed by atoms with Crippen LogP contribution >= 0.6 is 0 Å². The lowest BCUT2D eigenvalue weighted by Gasteiger charge is -2.31. The van der Waals surface area contributed by atoms with E-state index in [1.54, 1.807) is 6.07 Å². The van der Waals surface area contributed by atoms with E-state index in [9.17, 15) is 0 Å². The minimum absolute atomic E-state index is 0.163. The molecule has 0 aromatic heterocycles. The van der Waals surface area contributed by atoms with E-state index >= 15 is 0 Å². The molecule has 1 fully saturated rings. The number of hydrogen-bond donors (Lipinski definition) is 4. The Labute approximate surface area is 105 Å². The van der Waals surface area contributed by atoms with Crippen molar-refractivity contribution in [3.05, 3.63) is 35.2 Å². The first-order valence-electron chi connectivity index (χ1n) is 6.34. The summed E-state index contributed by atoms with van der Waals surface area (Å²) in [6.07, 6.45) is 3.27. The van der Waals surface area contributed by atoms with Gasteiger partial charge < -0.3 is 11.1 Å². The van der Waals surface area contributed by atoms with Crippen LogP contribution in [0.2, 0.25) is 0 Å². The fourth-order valence-electron chi connectivity index (χ4n) is 3.15. The Bertz CT molecular complexity index is 540. The SMILES string of the molecule is NC1CCCC2c3cc(=[N+](O)O)cccc3NC12. The molecule has 3 rings (SSSR count). The van der Waals surface area contributed by atoms with E-state index in [0.29, 0.717) is 11.3 Å². The first-order valence-corrected chi connectivity index (χ1v) is 6.34. The fourth-order valence-corrected chi connectivity index (χ4v) is 3.15. The van der Waals surface area contributed by atoms with Crippen LogP contribution in [-0.2, 0) is 0 Å². The van der Waals surface area contributed by atoms with E-state index in [0.717, 1.165) is 30.5 Å². The summed E-state index contributed by atoms with van der Waals surface area (Å²) < 4.78 is 0. The number of nitrogens with one attached hydrogen (secondary N) is 1. The zero-order valence-electron chi connectivity index (χ0n) is 10.1. The summed E-state index contributed by atoms with van der Waals surface area (Å²) in [6.45, 7) is 0. The molecule has 0 spiro atoms. The molecule has 1 aromatic rings. The van der Waals surface area contributed by atoms with Crippen molar-refractivity contribution in [2.75, 3.05) is 5.32 Å². The van der Waals surface area contributed by atoms with E-state index < -0.39 is 0 Å². The topological polar surface area (TPSA) is 81.5 Å². The molecule has 18 heavy (non-hydrogen) atoms. The van der Waals surface area contributed by atoms with E-state index in [4.69, 9.17) is 16.1 Å². The maximum atomic E-state index is 9.16. The normalized spacial score (nSPS) is 29.1. The average molecular weight is 248 g/mol. The van der Waals surface area contributed by atoms with Crippen LogP contribution < -0.4 is 21.3 Å². The van der Waals surface area contributed by atoms with Gasteiger partial charge in [-0.3, -0.25) is 0 Å². The molecular weight excluding hydrogens is 230 g/mol. The quantitative estimate of drug-likeness (QED) is 0.401. The molecule has 1 saturated carbocycles. The highest BCUT2D eigenvalue weighted by atomic mass is 16.8. The lowest BCUT2D eigenvalue weighted by atomic mass is 9.80. The van der Waals surface area contributed by atoms with Crippen LogP contribution in [0, 0.1) is 0 Å². The van der Waals surface area contributed by atoms with Gasteiger partial charge in [-0.25, -0.2) is 10.4 Å². The first kappa shape index (κ1) is 11.3. The molecule has 5 nitrogen and oxygen atoms in total. The molecule has 0 saturated heterocycles.